The summed E-state index contributed by atoms with van der Waals surface area (Å²) in [4.78, 5) is 13.1. The van der Waals surface area contributed by atoms with E-state index in [4.69, 9.17) is 0 Å². The molecule has 1 fully saturated rings. The predicted molar refractivity (Wildman–Crippen MR) is 40.6 cm³/mol. The molecule has 2 heteroatoms. The Bertz CT molecular complexity index is 144. The zero-order valence-electron chi connectivity index (χ0n) is 6.92. The van der Waals surface area contributed by atoms with Crippen LogP contribution in [0.15, 0.2) is 0 Å². The lowest BCUT2D eigenvalue weighted by Crippen LogP contribution is -2.41. The van der Waals surface area contributed by atoms with E-state index in [1.165, 1.54) is 0 Å². The molecule has 0 aromatic rings. The van der Waals surface area contributed by atoms with Gasteiger partial charge in [0, 0.05) is 19.5 Å². The summed E-state index contributed by atoms with van der Waals surface area (Å²) in [5.41, 5.74) is 0. The van der Waals surface area contributed by atoms with Crippen LogP contribution in [-0.4, -0.2) is 24.4 Å². The van der Waals surface area contributed by atoms with E-state index in [2.05, 4.69) is 6.92 Å². The molecule has 1 rings (SSSR count). The standard InChI is InChI=1S/C8H15NO/c1-6-4-5-9(3)8(10)7(6)2/h6-7H,4-5H2,1-3H3. The number of amides is 1. The van der Waals surface area contributed by atoms with Crippen LogP contribution in [0.4, 0.5) is 0 Å². The molecule has 2 unspecified atom stereocenters. The Balaban J connectivity index is 2.60. The Morgan fingerprint density at radius 1 is 1.50 bits per heavy atom. The fourth-order valence-corrected chi connectivity index (χ4v) is 1.35. The molecule has 0 spiro atoms. The maximum atomic E-state index is 11.3. The number of hydrogen-bond donors (Lipinski definition) is 0. The van der Waals surface area contributed by atoms with Gasteiger partial charge in [-0.15, -0.1) is 0 Å². The fourth-order valence-electron chi connectivity index (χ4n) is 1.35. The number of carbonyl (C=O) groups excluding carboxylic acids is 1. The molecule has 1 saturated heterocycles. The van der Waals surface area contributed by atoms with Crippen molar-refractivity contribution in [3.8, 4) is 0 Å². The second-order valence-corrected chi connectivity index (χ2v) is 3.31. The molecular formula is C8H15NO. The van der Waals surface area contributed by atoms with Crippen LogP contribution in [0.5, 0.6) is 0 Å². The molecule has 0 saturated carbocycles. The Morgan fingerprint density at radius 3 is 2.60 bits per heavy atom. The molecule has 0 bridgehead atoms. The molecule has 0 N–H and O–H groups in total. The molecule has 0 aromatic heterocycles. The lowest BCUT2D eigenvalue weighted by Gasteiger charge is -2.31. The van der Waals surface area contributed by atoms with Gasteiger partial charge in [0.25, 0.3) is 0 Å². The van der Waals surface area contributed by atoms with Crippen molar-refractivity contribution < 1.29 is 4.79 Å². The summed E-state index contributed by atoms with van der Waals surface area (Å²) in [5, 5.41) is 0. The van der Waals surface area contributed by atoms with E-state index in [0.29, 0.717) is 11.8 Å². The average Bonchev–Trinajstić information content (AvgIpc) is 1.93. The Labute approximate surface area is 62.2 Å². The predicted octanol–water partition coefficient (Wildman–Crippen LogP) is 1.12. The van der Waals surface area contributed by atoms with Crippen LogP contribution in [0, 0.1) is 11.8 Å². The average molecular weight is 141 g/mol. The topological polar surface area (TPSA) is 20.3 Å². The highest BCUT2D eigenvalue weighted by Gasteiger charge is 2.27. The van der Waals surface area contributed by atoms with Gasteiger partial charge in [-0.05, 0) is 12.3 Å². The minimum atomic E-state index is 0.235. The van der Waals surface area contributed by atoms with E-state index in [9.17, 15) is 4.79 Å². The smallest absolute Gasteiger partial charge is 0.225 e. The van der Waals surface area contributed by atoms with Gasteiger partial charge < -0.3 is 4.90 Å². The van der Waals surface area contributed by atoms with Crippen LogP contribution < -0.4 is 0 Å². The maximum absolute atomic E-state index is 11.3. The Kier molecular flexibility index (Phi) is 1.97. The van der Waals surface area contributed by atoms with Gasteiger partial charge >= 0.3 is 0 Å². The number of nitrogens with zero attached hydrogens (tertiary/aromatic N) is 1. The van der Waals surface area contributed by atoms with E-state index in [-0.39, 0.29) is 5.92 Å². The lowest BCUT2D eigenvalue weighted by molar-refractivity contribution is -0.138. The van der Waals surface area contributed by atoms with Crippen LogP contribution in [0.25, 0.3) is 0 Å². The van der Waals surface area contributed by atoms with Crippen molar-refractivity contribution in [2.24, 2.45) is 11.8 Å². The SMILES string of the molecule is CC1CCN(C)C(=O)C1C. The highest BCUT2D eigenvalue weighted by Crippen LogP contribution is 2.22. The third kappa shape index (κ3) is 1.15. The van der Waals surface area contributed by atoms with Crippen LogP contribution >= 0.6 is 0 Å². The molecule has 1 aliphatic rings. The first-order valence-corrected chi connectivity index (χ1v) is 3.88. The Hall–Kier alpha value is -0.530. The zero-order valence-corrected chi connectivity index (χ0v) is 6.92. The van der Waals surface area contributed by atoms with E-state index in [1.54, 1.807) is 0 Å². The van der Waals surface area contributed by atoms with Gasteiger partial charge in [-0.2, -0.15) is 0 Å². The molecule has 1 amide bonds. The first kappa shape index (κ1) is 7.58. The van der Waals surface area contributed by atoms with Crippen molar-refractivity contribution in [3.63, 3.8) is 0 Å². The number of rotatable bonds is 0. The second kappa shape index (κ2) is 2.60. The number of piperidine rings is 1. The van der Waals surface area contributed by atoms with Gasteiger partial charge in [-0.1, -0.05) is 13.8 Å². The molecule has 0 aliphatic carbocycles. The highest BCUT2D eigenvalue weighted by molar-refractivity contribution is 5.79. The molecule has 2 nitrogen and oxygen atoms in total. The summed E-state index contributed by atoms with van der Waals surface area (Å²) in [6, 6.07) is 0. The van der Waals surface area contributed by atoms with Crippen LogP contribution in [0.2, 0.25) is 0 Å². The molecule has 2 atom stereocenters. The van der Waals surface area contributed by atoms with Gasteiger partial charge in [-0.3, -0.25) is 4.79 Å². The first-order valence-electron chi connectivity index (χ1n) is 3.88. The van der Waals surface area contributed by atoms with Crippen LogP contribution in [0.3, 0.4) is 0 Å². The van der Waals surface area contributed by atoms with E-state index < -0.39 is 0 Å². The van der Waals surface area contributed by atoms with Crippen LogP contribution in [0.1, 0.15) is 20.3 Å². The summed E-state index contributed by atoms with van der Waals surface area (Å²) in [5.74, 6) is 1.11. The number of likely N-dealkylation sites (tertiary alicyclic amines) is 1. The summed E-state index contributed by atoms with van der Waals surface area (Å²) < 4.78 is 0. The van der Waals surface area contributed by atoms with Gasteiger partial charge in [0.05, 0.1) is 0 Å². The number of carbonyl (C=O) groups is 1. The van der Waals surface area contributed by atoms with Crippen molar-refractivity contribution in [2.45, 2.75) is 20.3 Å². The highest BCUT2D eigenvalue weighted by atomic mass is 16.2. The summed E-state index contributed by atoms with van der Waals surface area (Å²) in [7, 11) is 1.88. The second-order valence-electron chi connectivity index (χ2n) is 3.31. The monoisotopic (exact) mass is 141 g/mol. The molecule has 0 aromatic carbocycles. The summed E-state index contributed by atoms with van der Waals surface area (Å²) in [6.07, 6.45) is 1.16. The van der Waals surface area contributed by atoms with Gasteiger partial charge in [0.2, 0.25) is 5.91 Å². The molecule has 1 heterocycles. The normalized spacial score (nSPS) is 34.7. The van der Waals surface area contributed by atoms with E-state index in [0.717, 1.165) is 13.0 Å². The quantitative estimate of drug-likeness (QED) is 0.495. The number of hydrogen-bond acceptors (Lipinski definition) is 1. The van der Waals surface area contributed by atoms with Gasteiger partial charge in [0.1, 0.15) is 0 Å². The zero-order chi connectivity index (χ0) is 7.72. The molecule has 58 valence electrons. The first-order chi connectivity index (χ1) is 4.63. The molecule has 0 radical (unpaired) electrons. The fraction of sp³-hybridized carbons (Fsp3) is 0.875. The van der Waals surface area contributed by atoms with Gasteiger partial charge in [-0.25, -0.2) is 0 Å². The largest absolute Gasteiger partial charge is 0.346 e. The van der Waals surface area contributed by atoms with Gasteiger partial charge in [0.15, 0.2) is 0 Å². The van der Waals surface area contributed by atoms with Crippen molar-refractivity contribution in [2.75, 3.05) is 13.6 Å². The third-order valence-electron chi connectivity index (χ3n) is 2.54. The van der Waals surface area contributed by atoms with Crippen LogP contribution in [-0.2, 0) is 4.79 Å². The molecule has 10 heavy (non-hydrogen) atoms. The molecular weight excluding hydrogens is 126 g/mol. The van der Waals surface area contributed by atoms with Crippen molar-refractivity contribution >= 4 is 5.91 Å². The Morgan fingerprint density at radius 2 is 2.10 bits per heavy atom. The van der Waals surface area contributed by atoms with Crippen molar-refractivity contribution in [1.82, 2.24) is 4.90 Å². The minimum absolute atomic E-state index is 0.235. The van der Waals surface area contributed by atoms with Crippen molar-refractivity contribution in [3.05, 3.63) is 0 Å². The lowest BCUT2D eigenvalue weighted by atomic mass is 9.88. The molecule has 1 aliphatic heterocycles. The van der Waals surface area contributed by atoms with E-state index >= 15 is 0 Å². The minimum Gasteiger partial charge on any atom is -0.346 e. The third-order valence-corrected chi connectivity index (χ3v) is 2.54. The maximum Gasteiger partial charge on any atom is 0.225 e. The van der Waals surface area contributed by atoms with Crippen molar-refractivity contribution in [1.29, 1.82) is 0 Å². The summed E-state index contributed by atoms with van der Waals surface area (Å²) in [6.45, 7) is 5.10. The van der Waals surface area contributed by atoms with E-state index in [1.807, 2.05) is 18.9 Å². The summed E-state index contributed by atoms with van der Waals surface area (Å²) >= 11 is 0.